The van der Waals surface area contributed by atoms with E-state index in [0.29, 0.717) is 12.0 Å². The Bertz CT molecular complexity index is 283. The molecule has 0 amide bonds. The van der Waals surface area contributed by atoms with Gasteiger partial charge in [-0.3, -0.25) is 4.79 Å². The molecule has 1 aliphatic heterocycles. The van der Waals surface area contributed by atoms with E-state index in [9.17, 15) is 9.59 Å². The minimum Gasteiger partial charge on any atom is -0.465 e. The second-order valence-electron chi connectivity index (χ2n) is 3.96. The van der Waals surface area contributed by atoms with Crippen LogP contribution in [-0.4, -0.2) is 25.2 Å². The molecule has 4 nitrogen and oxygen atoms in total. The molecule has 0 aromatic carbocycles. The lowest BCUT2D eigenvalue weighted by molar-refractivity contribution is -0.144. The van der Waals surface area contributed by atoms with Gasteiger partial charge in [-0.05, 0) is 6.42 Å². The molecule has 1 atom stereocenters. The molecule has 0 bridgehead atoms. The standard InChI is InChI=1S/C12H18O4/c1-3-4-5-6-11(13)15-7-10-8-16-12(14)9(10)2/h10H,2-8H2,1H3. The van der Waals surface area contributed by atoms with E-state index in [1.807, 2.05) is 0 Å². The van der Waals surface area contributed by atoms with Crippen molar-refractivity contribution in [2.45, 2.75) is 32.6 Å². The maximum absolute atomic E-state index is 11.3. The fraction of sp³-hybridized carbons (Fsp3) is 0.667. The van der Waals surface area contributed by atoms with Crippen molar-refractivity contribution in [2.75, 3.05) is 13.2 Å². The number of unbranched alkanes of at least 4 members (excludes halogenated alkanes) is 2. The third-order valence-corrected chi connectivity index (χ3v) is 2.60. The van der Waals surface area contributed by atoms with E-state index in [4.69, 9.17) is 9.47 Å². The quantitative estimate of drug-likeness (QED) is 0.394. The van der Waals surface area contributed by atoms with Crippen LogP contribution in [0.4, 0.5) is 0 Å². The van der Waals surface area contributed by atoms with Crippen molar-refractivity contribution in [2.24, 2.45) is 5.92 Å². The van der Waals surface area contributed by atoms with E-state index in [1.165, 1.54) is 0 Å². The van der Waals surface area contributed by atoms with Gasteiger partial charge in [-0.15, -0.1) is 0 Å². The predicted octanol–water partition coefficient (Wildman–Crippen LogP) is 1.84. The van der Waals surface area contributed by atoms with Gasteiger partial charge in [-0.2, -0.15) is 0 Å². The molecule has 0 aromatic rings. The Balaban J connectivity index is 2.17. The van der Waals surface area contributed by atoms with Crippen LogP contribution in [-0.2, 0) is 19.1 Å². The number of rotatable bonds is 6. The van der Waals surface area contributed by atoms with Crippen LogP contribution in [0.2, 0.25) is 0 Å². The monoisotopic (exact) mass is 226 g/mol. The lowest BCUT2D eigenvalue weighted by Crippen LogP contribution is -2.15. The first-order valence-electron chi connectivity index (χ1n) is 5.66. The van der Waals surface area contributed by atoms with Crippen molar-refractivity contribution in [3.63, 3.8) is 0 Å². The highest BCUT2D eigenvalue weighted by Crippen LogP contribution is 2.19. The molecule has 4 heteroatoms. The average Bonchev–Trinajstić information content (AvgIpc) is 2.58. The number of carbonyl (C=O) groups excluding carboxylic acids is 2. The van der Waals surface area contributed by atoms with Gasteiger partial charge in [0.25, 0.3) is 0 Å². The van der Waals surface area contributed by atoms with E-state index in [1.54, 1.807) is 0 Å². The molecule has 1 aliphatic rings. The van der Waals surface area contributed by atoms with Gasteiger partial charge in [-0.1, -0.05) is 26.3 Å². The number of esters is 2. The zero-order chi connectivity index (χ0) is 12.0. The summed E-state index contributed by atoms with van der Waals surface area (Å²) in [5.41, 5.74) is 0.404. The van der Waals surface area contributed by atoms with E-state index in [0.717, 1.165) is 19.3 Å². The zero-order valence-electron chi connectivity index (χ0n) is 9.66. The van der Waals surface area contributed by atoms with Gasteiger partial charge in [0.05, 0.1) is 5.92 Å². The number of cyclic esters (lactones) is 1. The number of carbonyl (C=O) groups is 2. The van der Waals surface area contributed by atoms with Crippen LogP contribution in [0.1, 0.15) is 32.6 Å². The smallest absolute Gasteiger partial charge is 0.333 e. The SMILES string of the molecule is C=C1C(=O)OCC1COC(=O)CCCCC. The lowest BCUT2D eigenvalue weighted by atomic mass is 10.1. The largest absolute Gasteiger partial charge is 0.465 e. The molecule has 0 saturated carbocycles. The summed E-state index contributed by atoms with van der Waals surface area (Å²) in [6, 6.07) is 0. The van der Waals surface area contributed by atoms with Crippen LogP contribution in [0.5, 0.6) is 0 Å². The molecule has 0 N–H and O–H groups in total. The normalized spacial score (nSPS) is 19.7. The van der Waals surface area contributed by atoms with Crippen LogP contribution in [0.3, 0.4) is 0 Å². The fourth-order valence-corrected chi connectivity index (χ4v) is 1.47. The highest BCUT2D eigenvalue weighted by atomic mass is 16.6. The van der Waals surface area contributed by atoms with Crippen LogP contribution in [0.25, 0.3) is 0 Å². The number of hydrogen-bond acceptors (Lipinski definition) is 4. The van der Waals surface area contributed by atoms with Crippen molar-refractivity contribution >= 4 is 11.9 Å². The van der Waals surface area contributed by atoms with Crippen LogP contribution >= 0.6 is 0 Å². The van der Waals surface area contributed by atoms with Crippen LogP contribution in [0, 0.1) is 5.92 Å². The molecule has 0 radical (unpaired) electrons. The first kappa shape index (κ1) is 12.7. The molecule has 0 aromatic heterocycles. The first-order chi connectivity index (χ1) is 7.65. The summed E-state index contributed by atoms with van der Waals surface area (Å²) in [7, 11) is 0. The summed E-state index contributed by atoms with van der Waals surface area (Å²) in [6.45, 7) is 6.17. The van der Waals surface area contributed by atoms with Gasteiger partial charge < -0.3 is 9.47 Å². The third-order valence-electron chi connectivity index (χ3n) is 2.60. The third kappa shape index (κ3) is 3.68. The Labute approximate surface area is 95.6 Å². The fourth-order valence-electron chi connectivity index (χ4n) is 1.47. The Kier molecular flexibility index (Phi) is 5.02. The molecular formula is C12H18O4. The van der Waals surface area contributed by atoms with Crippen molar-refractivity contribution < 1.29 is 19.1 Å². The first-order valence-corrected chi connectivity index (χ1v) is 5.66. The summed E-state index contributed by atoms with van der Waals surface area (Å²) in [6.07, 6.45) is 3.42. The van der Waals surface area contributed by atoms with Crippen molar-refractivity contribution in [3.8, 4) is 0 Å². The van der Waals surface area contributed by atoms with E-state index in [-0.39, 0.29) is 31.1 Å². The van der Waals surface area contributed by atoms with Gasteiger partial charge in [0.2, 0.25) is 0 Å². The Morgan fingerprint density at radius 2 is 2.31 bits per heavy atom. The molecular weight excluding hydrogens is 208 g/mol. The van der Waals surface area contributed by atoms with Gasteiger partial charge in [0.15, 0.2) is 0 Å². The molecule has 1 unspecified atom stereocenters. The van der Waals surface area contributed by atoms with Gasteiger partial charge in [0, 0.05) is 12.0 Å². The summed E-state index contributed by atoms with van der Waals surface area (Å²) in [4.78, 5) is 22.3. The average molecular weight is 226 g/mol. The number of hydrogen-bond donors (Lipinski definition) is 0. The molecule has 1 saturated heterocycles. The molecule has 90 valence electrons. The molecule has 0 spiro atoms. The van der Waals surface area contributed by atoms with Crippen LogP contribution < -0.4 is 0 Å². The van der Waals surface area contributed by atoms with E-state index < -0.39 is 0 Å². The highest BCUT2D eigenvalue weighted by molar-refractivity contribution is 5.90. The summed E-state index contributed by atoms with van der Waals surface area (Å²) < 4.78 is 9.84. The molecule has 1 heterocycles. The van der Waals surface area contributed by atoms with E-state index >= 15 is 0 Å². The van der Waals surface area contributed by atoms with Crippen molar-refractivity contribution in [1.82, 2.24) is 0 Å². The maximum Gasteiger partial charge on any atom is 0.333 e. The molecule has 1 rings (SSSR count). The van der Waals surface area contributed by atoms with E-state index in [2.05, 4.69) is 13.5 Å². The minimum atomic E-state index is -0.382. The van der Waals surface area contributed by atoms with Gasteiger partial charge in [-0.25, -0.2) is 4.79 Å². The Hall–Kier alpha value is -1.32. The second-order valence-corrected chi connectivity index (χ2v) is 3.96. The lowest BCUT2D eigenvalue weighted by Gasteiger charge is -2.08. The van der Waals surface area contributed by atoms with Crippen molar-refractivity contribution in [1.29, 1.82) is 0 Å². The number of ether oxygens (including phenoxy) is 2. The predicted molar refractivity (Wildman–Crippen MR) is 58.7 cm³/mol. The minimum absolute atomic E-state index is 0.164. The van der Waals surface area contributed by atoms with Crippen LogP contribution in [0.15, 0.2) is 12.2 Å². The summed E-state index contributed by atoms with van der Waals surface area (Å²) in [5.74, 6) is -0.754. The van der Waals surface area contributed by atoms with Gasteiger partial charge >= 0.3 is 11.9 Å². The zero-order valence-corrected chi connectivity index (χ0v) is 9.66. The summed E-state index contributed by atoms with van der Waals surface area (Å²) in [5, 5.41) is 0. The maximum atomic E-state index is 11.3. The Morgan fingerprint density at radius 1 is 1.56 bits per heavy atom. The highest BCUT2D eigenvalue weighted by Gasteiger charge is 2.29. The second kappa shape index (κ2) is 6.30. The Morgan fingerprint density at radius 3 is 2.88 bits per heavy atom. The van der Waals surface area contributed by atoms with Crippen molar-refractivity contribution in [3.05, 3.63) is 12.2 Å². The summed E-state index contributed by atoms with van der Waals surface area (Å²) >= 11 is 0. The molecule has 1 fully saturated rings. The molecule has 0 aliphatic carbocycles. The van der Waals surface area contributed by atoms with Gasteiger partial charge in [0.1, 0.15) is 13.2 Å². The molecule has 16 heavy (non-hydrogen) atoms. The topological polar surface area (TPSA) is 52.6 Å².